The Morgan fingerprint density at radius 2 is 2.11 bits per heavy atom. The Bertz CT molecular complexity index is 528. The van der Waals surface area contributed by atoms with Crippen LogP contribution in [0.5, 0.6) is 0 Å². The van der Waals surface area contributed by atoms with Gasteiger partial charge in [0.15, 0.2) is 0 Å². The average molecular weight is 329 g/mol. The SMILES string of the molecule is Cc1cc(C)c(-n2cc(CCCCl)nn2)c(Br)c1. The lowest BCUT2D eigenvalue weighted by Gasteiger charge is -2.08. The molecule has 0 fully saturated rings. The fraction of sp³-hybridized carbons (Fsp3) is 0.385. The average Bonchev–Trinajstić information content (AvgIpc) is 2.73. The quantitative estimate of drug-likeness (QED) is 0.799. The highest BCUT2D eigenvalue weighted by atomic mass is 79.9. The maximum atomic E-state index is 5.68. The molecule has 18 heavy (non-hydrogen) atoms. The van der Waals surface area contributed by atoms with Crippen LogP contribution in [0.15, 0.2) is 22.8 Å². The van der Waals surface area contributed by atoms with Crippen LogP contribution in [0.3, 0.4) is 0 Å². The van der Waals surface area contributed by atoms with Crippen molar-refractivity contribution < 1.29 is 0 Å². The maximum Gasteiger partial charge on any atom is 0.0834 e. The van der Waals surface area contributed by atoms with E-state index < -0.39 is 0 Å². The van der Waals surface area contributed by atoms with E-state index in [4.69, 9.17) is 11.6 Å². The molecule has 0 amide bonds. The smallest absolute Gasteiger partial charge is 0.0834 e. The van der Waals surface area contributed by atoms with E-state index in [0.717, 1.165) is 28.7 Å². The van der Waals surface area contributed by atoms with Crippen molar-refractivity contribution >= 4 is 27.5 Å². The zero-order valence-corrected chi connectivity index (χ0v) is 12.8. The second-order valence-corrected chi connectivity index (χ2v) is 5.59. The van der Waals surface area contributed by atoms with E-state index in [1.165, 1.54) is 11.1 Å². The molecule has 1 aromatic carbocycles. The van der Waals surface area contributed by atoms with Crippen molar-refractivity contribution in [3.05, 3.63) is 39.6 Å². The standard InChI is InChI=1S/C13H15BrClN3/c1-9-6-10(2)13(12(14)7-9)18-8-11(16-17-18)4-3-5-15/h6-8H,3-5H2,1-2H3. The van der Waals surface area contributed by atoms with Gasteiger partial charge in [0.2, 0.25) is 0 Å². The van der Waals surface area contributed by atoms with E-state index in [1.54, 1.807) is 0 Å². The molecule has 0 aliphatic carbocycles. The number of rotatable bonds is 4. The number of halogens is 2. The molecule has 0 aliphatic heterocycles. The molecule has 0 atom stereocenters. The molecule has 0 radical (unpaired) electrons. The van der Waals surface area contributed by atoms with Crippen molar-refractivity contribution in [2.45, 2.75) is 26.7 Å². The summed E-state index contributed by atoms with van der Waals surface area (Å²) in [6, 6.07) is 4.22. The van der Waals surface area contributed by atoms with Crippen LogP contribution in [0.4, 0.5) is 0 Å². The lowest BCUT2D eigenvalue weighted by atomic mass is 10.1. The Kier molecular flexibility index (Phi) is 4.40. The first-order valence-corrected chi connectivity index (χ1v) is 7.19. The lowest BCUT2D eigenvalue weighted by Crippen LogP contribution is -2.00. The molecule has 0 aliphatic rings. The Morgan fingerprint density at radius 3 is 2.78 bits per heavy atom. The van der Waals surface area contributed by atoms with E-state index in [0.29, 0.717) is 5.88 Å². The molecule has 1 aromatic heterocycles. The van der Waals surface area contributed by atoms with Gasteiger partial charge in [-0.15, -0.1) is 16.7 Å². The topological polar surface area (TPSA) is 30.7 Å². The first-order valence-electron chi connectivity index (χ1n) is 5.86. The number of aromatic nitrogens is 3. The fourth-order valence-electron chi connectivity index (χ4n) is 1.97. The fourth-order valence-corrected chi connectivity index (χ4v) is 2.96. The van der Waals surface area contributed by atoms with Gasteiger partial charge in [-0.05, 0) is 59.8 Å². The van der Waals surface area contributed by atoms with Gasteiger partial charge in [-0.3, -0.25) is 0 Å². The van der Waals surface area contributed by atoms with Gasteiger partial charge in [-0.1, -0.05) is 11.3 Å². The van der Waals surface area contributed by atoms with Gasteiger partial charge < -0.3 is 0 Å². The third-order valence-electron chi connectivity index (χ3n) is 2.73. The number of nitrogens with zero attached hydrogens (tertiary/aromatic N) is 3. The molecular weight excluding hydrogens is 314 g/mol. The van der Waals surface area contributed by atoms with E-state index in [-0.39, 0.29) is 0 Å². The molecule has 2 aromatic rings. The predicted molar refractivity (Wildman–Crippen MR) is 77.6 cm³/mol. The van der Waals surface area contributed by atoms with Crippen LogP contribution in [0.1, 0.15) is 23.2 Å². The maximum absolute atomic E-state index is 5.68. The summed E-state index contributed by atoms with van der Waals surface area (Å²) in [5.74, 6) is 0.653. The normalized spacial score (nSPS) is 10.9. The van der Waals surface area contributed by atoms with Crippen LogP contribution >= 0.6 is 27.5 Å². The molecular formula is C13H15BrClN3. The molecule has 0 spiro atoms. The molecule has 5 heteroatoms. The molecule has 0 N–H and O–H groups in total. The lowest BCUT2D eigenvalue weighted by molar-refractivity contribution is 0.785. The van der Waals surface area contributed by atoms with Crippen LogP contribution < -0.4 is 0 Å². The van der Waals surface area contributed by atoms with Crippen LogP contribution in [0, 0.1) is 13.8 Å². The van der Waals surface area contributed by atoms with Crippen molar-refractivity contribution in [3.8, 4) is 5.69 Å². The number of hydrogen-bond acceptors (Lipinski definition) is 2. The first-order chi connectivity index (χ1) is 8.61. The summed E-state index contributed by atoms with van der Waals surface area (Å²) in [7, 11) is 0. The molecule has 0 saturated heterocycles. The van der Waals surface area contributed by atoms with E-state index in [1.807, 2.05) is 10.9 Å². The minimum absolute atomic E-state index is 0.653. The van der Waals surface area contributed by atoms with Gasteiger partial charge in [0.25, 0.3) is 0 Å². The molecule has 0 saturated carbocycles. The molecule has 2 rings (SSSR count). The molecule has 1 heterocycles. The minimum atomic E-state index is 0.653. The highest BCUT2D eigenvalue weighted by Gasteiger charge is 2.09. The van der Waals surface area contributed by atoms with Gasteiger partial charge in [0, 0.05) is 10.4 Å². The summed E-state index contributed by atoms with van der Waals surface area (Å²) < 4.78 is 2.86. The zero-order valence-electron chi connectivity index (χ0n) is 10.5. The minimum Gasteiger partial charge on any atom is -0.219 e. The number of hydrogen-bond donors (Lipinski definition) is 0. The summed E-state index contributed by atoms with van der Waals surface area (Å²) in [6.45, 7) is 4.15. The van der Waals surface area contributed by atoms with Crippen LogP contribution in [0.2, 0.25) is 0 Å². The number of alkyl halides is 1. The summed E-state index contributed by atoms with van der Waals surface area (Å²) in [6.07, 6.45) is 3.76. The van der Waals surface area contributed by atoms with Gasteiger partial charge in [-0.2, -0.15) is 0 Å². The van der Waals surface area contributed by atoms with Crippen molar-refractivity contribution in [2.24, 2.45) is 0 Å². The van der Waals surface area contributed by atoms with Gasteiger partial charge >= 0.3 is 0 Å². The highest BCUT2D eigenvalue weighted by molar-refractivity contribution is 9.10. The summed E-state index contributed by atoms with van der Waals surface area (Å²) >= 11 is 9.27. The van der Waals surface area contributed by atoms with Crippen LogP contribution in [-0.4, -0.2) is 20.9 Å². The zero-order chi connectivity index (χ0) is 13.1. The summed E-state index contributed by atoms with van der Waals surface area (Å²) in [5.41, 5.74) is 4.43. The van der Waals surface area contributed by atoms with E-state index in [2.05, 4.69) is 52.2 Å². The second-order valence-electron chi connectivity index (χ2n) is 4.36. The molecule has 0 unspecified atom stereocenters. The predicted octanol–water partition coefficient (Wildman–Crippen LogP) is 3.82. The van der Waals surface area contributed by atoms with E-state index >= 15 is 0 Å². The largest absolute Gasteiger partial charge is 0.219 e. The Hall–Kier alpha value is -0.870. The monoisotopic (exact) mass is 327 g/mol. The second kappa shape index (κ2) is 5.85. The third-order valence-corrected chi connectivity index (χ3v) is 3.61. The Labute approximate surface area is 120 Å². The van der Waals surface area contributed by atoms with Crippen molar-refractivity contribution in [1.82, 2.24) is 15.0 Å². The summed E-state index contributed by atoms with van der Waals surface area (Å²) in [4.78, 5) is 0. The van der Waals surface area contributed by atoms with Crippen molar-refractivity contribution in [3.63, 3.8) is 0 Å². The molecule has 3 nitrogen and oxygen atoms in total. The van der Waals surface area contributed by atoms with Crippen molar-refractivity contribution in [2.75, 3.05) is 5.88 Å². The van der Waals surface area contributed by atoms with Gasteiger partial charge in [0.1, 0.15) is 0 Å². The number of benzene rings is 1. The summed E-state index contributed by atoms with van der Waals surface area (Å²) in [5, 5.41) is 8.35. The highest BCUT2D eigenvalue weighted by Crippen LogP contribution is 2.25. The van der Waals surface area contributed by atoms with Crippen LogP contribution in [-0.2, 0) is 6.42 Å². The Morgan fingerprint density at radius 1 is 1.33 bits per heavy atom. The van der Waals surface area contributed by atoms with Gasteiger partial charge in [0.05, 0.1) is 17.6 Å². The van der Waals surface area contributed by atoms with Crippen LogP contribution in [0.25, 0.3) is 5.69 Å². The van der Waals surface area contributed by atoms with Gasteiger partial charge in [-0.25, -0.2) is 4.68 Å². The van der Waals surface area contributed by atoms with E-state index in [9.17, 15) is 0 Å². The number of aryl methyl sites for hydroxylation is 3. The molecule has 0 bridgehead atoms. The Balaban J connectivity index is 2.34. The molecule has 96 valence electrons. The third kappa shape index (κ3) is 2.93. The van der Waals surface area contributed by atoms with Crippen molar-refractivity contribution in [1.29, 1.82) is 0 Å². The first kappa shape index (κ1) is 13.6.